The first-order chi connectivity index (χ1) is 12.5. The Morgan fingerprint density at radius 3 is 2.41 bits per heavy atom. The second-order valence-electron chi connectivity index (χ2n) is 6.11. The largest absolute Gasteiger partial charge is 0.497 e. The number of guanidine groups is 1. The molecule has 0 fully saturated rings. The van der Waals surface area contributed by atoms with Gasteiger partial charge in [-0.15, -0.1) is 24.0 Å². The van der Waals surface area contributed by atoms with Crippen LogP contribution < -0.4 is 10.1 Å². The minimum atomic E-state index is -0.0311. The molecule has 0 heterocycles. The molecule has 1 N–H and O–H groups in total. The average molecular weight is 492 g/mol. The Kier molecular flexibility index (Phi) is 13.7. The lowest BCUT2D eigenvalue weighted by atomic mass is 10.2. The van der Waals surface area contributed by atoms with Crippen molar-refractivity contribution < 1.29 is 14.3 Å². The molecule has 0 radical (unpaired) electrons. The standard InChI is InChI=1S/C19H32N4O3.HI/c1-6-26-13-7-12-20-19(21-14-18(24)22(2)3)23(4)15-16-8-10-17(25-5)11-9-16;/h8-11H,6-7,12-15H2,1-5H3,(H,20,21);1H. The van der Waals surface area contributed by atoms with E-state index < -0.39 is 0 Å². The number of hydrogen-bond acceptors (Lipinski definition) is 4. The van der Waals surface area contributed by atoms with Crippen molar-refractivity contribution in [3.63, 3.8) is 0 Å². The van der Waals surface area contributed by atoms with Crippen LogP contribution in [0.4, 0.5) is 0 Å². The predicted molar refractivity (Wildman–Crippen MR) is 120 cm³/mol. The number of nitrogens with one attached hydrogen (secondary N) is 1. The highest BCUT2D eigenvalue weighted by molar-refractivity contribution is 14.0. The van der Waals surface area contributed by atoms with Crippen LogP contribution in [0.5, 0.6) is 5.75 Å². The van der Waals surface area contributed by atoms with Crippen molar-refractivity contribution in [1.29, 1.82) is 0 Å². The Morgan fingerprint density at radius 1 is 1.19 bits per heavy atom. The molecule has 7 nitrogen and oxygen atoms in total. The lowest BCUT2D eigenvalue weighted by Crippen LogP contribution is -2.40. The van der Waals surface area contributed by atoms with Gasteiger partial charge in [0.15, 0.2) is 5.96 Å². The van der Waals surface area contributed by atoms with Crippen LogP contribution in [0, 0.1) is 0 Å². The molecule has 0 saturated heterocycles. The van der Waals surface area contributed by atoms with Crippen LogP contribution in [0.25, 0.3) is 0 Å². The van der Waals surface area contributed by atoms with E-state index >= 15 is 0 Å². The van der Waals surface area contributed by atoms with E-state index in [0.717, 1.165) is 30.9 Å². The molecule has 154 valence electrons. The number of halogens is 1. The number of aliphatic imine (C=N–C) groups is 1. The fourth-order valence-corrected chi connectivity index (χ4v) is 2.19. The van der Waals surface area contributed by atoms with Crippen molar-refractivity contribution in [3.8, 4) is 5.75 Å². The molecule has 0 aliphatic heterocycles. The second-order valence-corrected chi connectivity index (χ2v) is 6.11. The fourth-order valence-electron chi connectivity index (χ4n) is 2.19. The minimum absolute atomic E-state index is 0. The normalized spacial score (nSPS) is 10.8. The summed E-state index contributed by atoms with van der Waals surface area (Å²) in [5, 5.41) is 3.32. The molecule has 8 heteroatoms. The molecule has 0 atom stereocenters. The van der Waals surface area contributed by atoms with E-state index in [-0.39, 0.29) is 36.4 Å². The summed E-state index contributed by atoms with van der Waals surface area (Å²) in [6.07, 6.45) is 0.880. The molecule has 0 aliphatic rings. The summed E-state index contributed by atoms with van der Waals surface area (Å²) >= 11 is 0. The van der Waals surface area contributed by atoms with Crippen molar-refractivity contribution in [2.45, 2.75) is 19.9 Å². The van der Waals surface area contributed by atoms with E-state index in [1.54, 1.807) is 26.1 Å². The maximum Gasteiger partial charge on any atom is 0.243 e. The van der Waals surface area contributed by atoms with Gasteiger partial charge in [-0.25, -0.2) is 4.99 Å². The van der Waals surface area contributed by atoms with Crippen LogP contribution >= 0.6 is 24.0 Å². The Morgan fingerprint density at radius 2 is 1.85 bits per heavy atom. The number of carbonyl (C=O) groups is 1. The highest BCUT2D eigenvalue weighted by atomic mass is 127. The highest BCUT2D eigenvalue weighted by Gasteiger charge is 2.09. The maximum absolute atomic E-state index is 11.9. The molecule has 0 unspecified atom stereocenters. The number of methoxy groups -OCH3 is 1. The van der Waals surface area contributed by atoms with E-state index in [1.165, 1.54) is 0 Å². The molecular formula is C19H33IN4O3. The molecule has 1 rings (SSSR count). The third kappa shape index (κ3) is 10.4. The minimum Gasteiger partial charge on any atom is -0.497 e. The zero-order chi connectivity index (χ0) is 19.4. The number of benzene rings is 1. The average Bonchev–Trinajstić information content (AvgIpc) is 2.64. The van der Waals surface area contributed by atoms with E-state index in [0.29, 0.717) is 19.1 Å². The topological polar surface area (TPSA) is 66.4 Å². The summed E-state index contributed by atoms with van der Waals surface area (Å²) in [6, 6.07) is 7.91. The first-order valence-corrected chi connectivity index (χ1v) is 8.88. The number of hydrogen-bond donors (Lipinski definition) is 1. The van der Waals surface area contributed by atoms with E-state index in [4.69, 9.17) is 9.47 Å². The van der Waals surface area contributed by atoms with Gasteiger partial charge in [-0.05, 0) is 31.0 Å². The smallest absolute Gasteiger partial charge is 0.243 e. The van der Waals surface area contributed by atoms with Gasteiger partial charge in [-0.3, -0.25) is 4.79 Å². The van der Waals surface area contributed by atoms with Crippen molar-refractivity contribution in [2.75, 3.05) is 54.6 Å². The Labute approximate surface area is 180 Å². The number of nitrogens with zero attached hydrogens (tertiary/aromatic N) is 3. The molecule has 0 bridgehead atoms. The van der Waals surface area contributed by atoms with E-state index in [1.807, 2.05) is 43.1 Å². The van der Waals surface area contributed by atoms with Gasteiger partial charge in [0.2, 0.25) is 5.91 Å². The van der Waals surface area contributed by atoms with Crippen LogP contribution in [0.3, 0.4) is 0 Å². The van der Waals surface area contributed by atoms with Gasteiger partial charge >= 0.3 is 0 Å². The van der Waals surface area contributed by atoms with Gasteiger partial charge in [0.1, 0.15) is 12.3 Å². The zero-order valence-corrected chi connectivity index (χ0v) is 19.4. The summed E-state index contributed by atoms with van der Waals surface area (Å²) in [7, 11) is 7.07. The molecular weight excluding hydrogens is 459 g/mol. The summed E-state index contributed by atoms with van der Waals surface area (Å²) in [5.74, 6) is 1.50. The lowest BCUT2D eigenvalue weighted by molar-refractivity contribution is -0.127. The zero-order valence-electron chi connectivity index (χ0n) is 17.0. The van der Waals surface area contributed by atoms with Crippen LogP contribution in [0.1, 0.15) is 18.9 Å². The number of carbonyl (C=O) groups excluding carboxylic acids is 1. The third-order valence-electron chi connectivity index (χ3n) is 3.76. The van der Waals surface area contributed by atoms with Gasteiger partial charge in [0.25, 0.3) is 0 Å². The molecule has 1 aromatic carbocycles. The first kappa shape index (κ1) is 25.4. The van der Waals surface area contributed by atoms with Gasteiger partial charge in [0.05, 0.1) is 7.11 Å². The van der Waals surface area contributed by atoms with Crippen molar-refractivity contribution in [1.82, 2.24) is 15.1 Å². The van der Waals surface area contributed by atoms with Gasteiger partial charge in [-0.1, -0.05) is 12.1 Å². The quantitative estimate of drug-likeness (QED) is 0.235. The monoisotopic (exact) mass is 492 g/mol. The lowest BCUT2D eigenvalue weighted by Gasteiger charge is -2.23. The van der Waals surface area contributed by atoms with Crippen molar-refractivity contribution in [3.05, 3.63) is 29.8 Å². The van der Waals surface area contributed by atoms with Crippen LogP contribution in [-0.4, -0.2) is 76.2 Å². The van der Waals surface area contributed by atoms with Gasteiger partial charge in [0, 0.05) is 47.4 Å². The second kappa shape index (κ2) is 14.5. The number of amides is 1. The van der Waals surface area contributed by atoms with Crippen LogP contribution in [0.2, 0.25) is 0 Å². The van der Waals surface area contributed by atoms with Crippen LogP contribution in [0.15, 0.2) is 29.3 Å². The van der Waals surface area contributed by atoms with Crippen LogP contribution in [-0.2, 0) is 16.1 Å². The van der Waals surface area contributed by atoms with E-state index in [9.17, 15) is 4.79 Å². The van der Waals surface area contributed by atoms with E-state index in [2.05, 4.69) is 10.3 Å². The summed E-state index contributed by atoms with van der Waals surface area (Å²) < 4.78 is 10.5. The molecule has 0 spiro atoms. The van der Waals surface area contributed by atoms with Gasteiger partial charge in [-0.2, -0.15) is 0 Å². The van der Waals surface area contributed by atoms with Crippen molar-refractivity contribution in [2.24, 2.45) is 4.99 Å². The number of ether oxygens (including phenoxy) is 2. The Bertz CT molecular complexity index is 565. The Hall–Kier alpha value is -1.55. The number of rotatable bonds is 10. The predicted octanol–water partition coefficient (Wildman–Crippen LogP) is 2.21. The summed E-state index contributed by atoms with van der Waals surface area (Å²) in [4.78, 5) is 19.9. The maximum atomic E-state index is 11.9. The van der Waals surface area contributed by atoms with Gasteiger partial charge < -0.3 is 24.6 Å². The fraction of sp³-hybridized carbons (Fsp3) is 0.579. The SMILES string of the molecule is CCOCCCNC(=NCC(=O)N(C)C)N(C)Cc1ccc(OC)cc1.I. The molecule has 1 amide bonds. The highest BCUT2D eigenvalue weighted by Crippen LogP contribution is 2.12. The first-order valence-electron chi connectivity index (χ1n) is 8.88. The van der Waals surface area contributed by atoms with Crippen molar-refractivity contribution >= 4 is 35.8 Å². The molecule has 1 aromatic rings. The molecule has 0 aliphatic carbocycles. The summed E-state index contributed by atoms with van der Waals surface area (Å²) in [5.41, 5.74) is 1.14. The third-order valence-corrected chi connectivity index (χ3v) is 3.76. The summed E-state index contributed by atoms with van der Waals surface area (Å²) in [6.45, 7) is 4.94. The molecule has 0 aromatic heterocycles. The molecule has 0 saturated carbocycles. The Balaban J connectivity index is 0.00000676. The number of likely N-dealkylation sites (N-methyl/N-ethyl adjacent to an activating group) is 1. The molecule has 27 heavy (non-hydrogen) atoms.